The van der Waals surface area contributed by atoms with Gasteiger partial charge in [0.15, 0.2) is 5.75 Å². The fraction of sp³-hybridized carbons (Fsp3) is 0. The Morgan fingerprint density at radius 1 is 0.852 bits per heavy atom. The van der Waals surface area contributed by atoms with Gasteiger partial charge in [-0.05, 0) is 29.8 Å². The predicted octanol–water partition coefficient (Wildman–Crippen LogP) is 4.82. The maximum absolute atomic E-state index is 14.0. The van der Waals surface area contributed by atoms with Gasteiger partial charge in [-0.25, -0.2) is 14.0 Å². The molecule has 4 aromatic rings. The van der Waals surface area contributed by atoms with Crippen molar-refractivity contribution in [2.75, 3.05) is 0 Å². The minimum atomic E-state index is -0.888. The van der Waals surface area contributed by atoms with Crippen molar-refractivity contribution in [3.8, 4) is 16.9 Å². The van der Waals surface area contributed by atoms with Crippen molar-refractivity contribution in [3.63, 3.8) is 0 Å². The molecular weight excluding hydrogens is 347 g/mol. The summed E-state index contributed by atoms with van der Waals surface area (Å²) < 4.78 is 24.9. The number of hydrogen-bond donors (Lipinski definition) is 0. The molecule has 0 saturated heterocycles. The molecule has 0 radical (unpaired) electrons. The van der Waals surface area contributed by atoms with Crippen molar-refractivity contribution in [2.24, 2.45) is 0 Å². The number of carbonyl (C=O) groups is 1. The first-order valence-electron chi connectivity index (χ1n) is 8.23. The van der Waals surface area contributed by atoms with E-state index in [-0.39, 0.29) is 22.5 Å². The summed E-state index contributed by atoms with van der Waals surface area (Å²) in [6.07, 6.45) is 0. The van der Waals surface area contributed by atoms with Gasteiger partial charge in [0.25, 0.3) is 0 Å². The quantitative estimate of drug-likeness (QED) is 0.388. The van der Waals surface area contributed by atoms with Crippen molar-refractivity contribution in [1.29, 1.82) is 0 Å². The van der Waals surface area contributed by atoms with Crippen LogP contribution < -0.4 is 10.4 Å². The van der Waals surface area contributed by atoms with Gasteiger partial charge in [-0.1, -0.05) is 54.6 Å². The van der Waals surface area contributed by atoms with Crippen molar-refractivity contribution in [2.45, 2.75) is 0 Å². The molecule has 4 rings (SSSR count). The first-order valence-corrected chi connectivity index (χ1v) is 8.23. The molecule has 27 heavy (non-hydrogen) atoms. The fourth-order valence-electron chi connectivity index (χ4n) is 2.86. The molecule has 0 aliphatic carbocycles. The third-order valence-corrected chi connectivity index (χ3v) is 4.12. The molecule has 0 spiro atoms. The fourth-order valence-corrected chi connectivity index (χ4v) is 2.86. The number of benzene rings is 3. The Hall–Kier alpha value is -3.73. The number of fused-ring (bicyclic) bond motifs is 1. The number of hydrogen-bond acceptors (Lipinski definition) is 4. The molecule has 3 aromatic carbocycles. The highest BCUT2D eigenvalue weighted by Crippen LogP contribution is 2.34. The number of carbonyl (C=O) groups excluding carboxylic acids is 1. The minimum Gasteiger partial charge on any atom is -0.422 e. The van der Waals surface area contributed by atoms with Crippen LogP contribution in [0.25, 0.3) is 22.1 Å². The summed E-state index contributed by atoms with van der Waals surface area (Å²) in [4.78, 5) is 25.2. The highest BCUT2D eigenvalue weighted by atomic mass is 19.1. The molecule has 0 N–H and O–H groups in total. The number of esters is 1. The molecular formula is C22H13FO4. The van der Waals surface area contributed by atoms with Gasteiger partial charge < -0.3 is 9.15 Å². The monoisotopic (exact) mass is 360 g/mol. The van der Waals surface area contributed by atoms with Gasteiger partial charge in [-0.2, -0.15) is 0 Å². The number of ether oxygens (including phenoxy) is 1. The van der Waals surface area contributed by atoms with E-state index in [1.807, 2.05) is 0 Å². The third kappa shape index (κ3) is 3.11. The van der Waals surface area contributed by atoms with Gasteiger partial charge in [0.2, 0.25) is 0 Å². The highest BCUT2D eigenvalue weighted by molar-refractivity contribution is 5.97. The van der Waals surface area contributed by atoms with E-state index in [9.17, 15) is 14.0 Å². The van der Waals surface area contributed by atoms with E-state index >= 15 is 0 Å². The van der Waals surface area contributed by atoms with Crippen LogP contribution in [0.15, 0.2) is 88.1 Å². The largest absolute Gasteiger partial charge is 0.422 e. The second-order valence-corrected chi connectivity index (χ2v) is 5.83. The van der Waals surface area contributed by atoms with E-state index in [0.29, 0.717) is 10.9 Å². The zero-order chi connectivity index (χ0) is 18.8. The minimum absolute atomic E-state index is 0.0429. The Morgan fingerprint density at radius 3 is 2.30 bits per heavy atom. The van der Waals surface area contributed by atoms with Gasteiger partial charge in [0.05, 0.1) is 10.9 Å². The molecule has 1 aromatic heterocycles. The van der Waals surface area contributed by atoms with Crippen LogP contribution in [0.1, 0.15) is 10.4 Å². The van der Waals surface area contributed by atoms with Crippen LogP contribution in [0.3, 0.4) is 0 Å². The molecule has 0 amide bonds. The van der Waals surface area contributed by atoms with E-state index in [4.69, 9.17) is 9.15 Å². The lowest BCUT2D eigenvalue weighted by Gasteiger charge is -2.12. The smallest absolute Gasteiger partial charge is 0.348 e. The van der Waals surface area contributed by atoms with Crippen LogP contribution >= 0.6 is 0 Å². The Morgan fingerprint density at radius 2 is 1.52 bits per heavy atom. The van der Waals surface area contributed by atoms with Crippen LogP contribution in [0.5, 0.6) is 5.75 Å². The normalized spacial score (nSPS) is 10.7. The number of para-hydroxylation sites is 1. The van der Waals surface area contributed by atoms with Crippen molar-refractivity contribution in [1.82, 2.24) is 0 Å². The summed E-state index contributed by atoms with van der Waals surface area (Å²) in [5.74, 6) is -1.54. The summed E-state index contributed by atoms with van der Waals surface area (Å²) in [5.41, 5.74) is 0.0657. The van der Waals surface area contributed by atoms with E-state index in [0.717, 1.165) is 0 Å². The molecule has 0 aliphatic rings. The maximum Gasteiger partial charge on any atom is 0.348 e. The highest BCUT2D eigenvalue weighted by Gasteiger charge is 2.22. The molecule has 0 atom stereocenters. The summed E-state index contributed by atoms with van der Waals surface area (Å²) in [6, 6.07) is 21.0. The summed E-state index contributed by atoms with van der Waals surface area (Å²) >= 11 is 0. The Bertz CT molecular complexity index is 1200. The number of halogens is 1. The van der Waals surface area contributed by atoms with Crippen LogP contribution in [-0.4, -0.2) is 5.97 Å². The lowest BCUT2D eigenvalue weighted by atomic mass is 10.0. The molecule has 1 heterocycles. The van der Waals surface area contributed by atoms with Crippen molar-refractivity contribution < 1.29 is 18.3 Å². The van der Waals surface area contributed by atoms with E-state index in [2.05, 4.69) is 0 Å². The lowest BCUT2D eigenvalue weighted by molar-refractivity contribution is 0.0732. The van der Waals surface area contributed by atoms with Gasteiger partial charge in [0.1, 0.15) is 17.0 Å². The van der Waals surface area contributed by atoms with Crippen molar-refractivity contribution >= 4 is 16.9 Å². The van der Waals surface area contributed by atoms with E-state index in [1.54, 1.807) is 54.6 Å². The van der Waals surface area contributed by atoms with Gasteiger partial charge >= 0.3 is 11.6 Å². The molecule has 4 nitrogen and oxygen atoms in total. The topological polar surface area (TPSA) is 56.5 Å². The zero-order valence-corrected chi connectivity index (χ0v) is 14.0. The van der Waals surface area contributed by atoms with Crippen molar-refractivity contribution in [3.05, 3.63) is 101 Å². The second-order valence-electron chi connectivity index (χ2n) is 5.83. The number of rotatable bonds is 3. The van der Waals surface area contributed by atoms with Crippen LogP contribution in [0.4, 0.5) is 4.39 Å². The maximum atomic E-state index is 14.0. The zero-order valence-electron chi connectivity index (χ0n) is 14.0. The standard InChI is InChI=1S/C22H13FO4/c23-17-12-6-4-10-15(17)21(24)27-20-16-11-5-7-13-18(16)26-22(25)19(20)14-8-2-1-3-9-14/h1-13H. The summed E-state index contributed by atoms with van der Waals surface area (Å²) in [6.45, 7) is 0. The lowest BCUT2D eigenvalue weighted by Crippen LogP contribution is -2.14. The first kappa shape index (κ1) is 16.7. The van der Waals surface area contributed by atoms with E-state index < -0.39 is 17.4 Å². The summed E-state index contributed by atoms with van der Waals surface area (Å²) in [5, 5.41) is 0.445. The Kier molecular flexibility index (Phi) is 4.26. The molecule has 0 bridgehead atoms. The van der Waals surface area contributed by atoms with Crippen LogP contribution in [-0.2, 0) is 0 Å². The predicted molar refractivity (Wildman–Crippen MR) is 99.3 cm³/mol. The Labute approximate surface area is 153 Å². The SMILES string of the molecule is O=C(Oc1c(-c2ccccc2)c(=O)oc2ccccc12)c1ccccc1F. The molecule has 0 saturated carbocycles. The average molecular weight is 360 g/mol. The molecule has 132 valence electrons. The second kappa shape index (κ2) is 6.88. The average Bonchev–Trinajstić information content (AvgIpc) is 2.69. The van der Waals surface area contributed by atoms with E-state index in [1.165, 1.54) is 24.3 Å². The first-order chi connectivity index (χ1) is 13.1. The van der Waals surface area contributed by atoms with Crippen LogP contribution in [0.2, 0.25) is 0 Å². The van der Waals surface area contributed by atoms with Crippen LogP contribution in [0, 0.1) is 5.82 Å². The molecule has 0 aliphatic heterocycles. The van der Waals surface area contributed by atoms with Gasteiger partial charge in [-0.3, -0.25) is 0 Å². The molecule has 0 fully saturated rings. The Balaban J connectivity index is 1.94. The van der Waals surface area contributed by atoms with Gasteiger partial charge in [0, 0.05) is 0 Å². The van der Waals surface area contributed by atoms with Gasteiger partial charge in [-0.15, -0.1) is 0 Å². The third-order valence-electron chi connectivity index (χ3n) is 4.12. The summed E-state index contributed by atoms with van der Waals surface area (Å²) in [7, 11) is 0. The molecule has 5 heteroatoms. The molecule has 0 unspecified atom stereocenters.